The topological polar surface area (TPSA) is 20.2 Å². The van der Waals surface area contributed by atoms with Crippen LogP contribution < -0.4 is 0 Å². The number of benzene rings is 2. The zero-order chi connectivity index (χ0) is 9.54. The molecule has 3 rings (SSSR count). The Hall–Kier alpha value is -1.34. The van der Waals surface area contributed by atoms with Crippen LogP contribution in [-0.4, -0.2) is 5.11 Å². The largest absolute Gasteiger partial charge is 0.392 e. The first-order valence-corrected chi connectivity index (χ1v) is 5.03. The van der Waals surface area contributed by atoms with Crippen LogP contribution in [0, 0.1) is 0 Å². The first-order valence-electron chi connectivity index (χ1n) is 5.03. The van der Waals surface area contributed by atoms with E-state index >= 15 is 0 Å². The van der Waals surface area contributed by atoms with Crippen LogP contribution in [0.2, 0.25) is 0 Å². The molecular weight excluding hydrogens is 172 g/mol. The molecule has 1 aliphatic carbocycles. The van der Waals surface area contributed by atoms with Gasteiger partial charge < -0.3 is 5.11 Å². The Morgan fingerprint density at radius 3 is 2.79 bits per heavy atom. The smallest absolute Gasteiger partial charge is 0.0682 e. The average Bonchev–Trinajstić information content (AvgIpc) is 2.64. The fraction of sp³-hybridized carbons (Fsp3) is 0.231. The molecule has 70 valence electrons. The summed E-state index contributed by atoms with van der Waals surface area (Å²) in [5, 5.41) is 11.8. The lowest BCUT2D eigenvalue weighted by Crippen LogP contribution is -1.86. The van der Waals surface area contributed by atoms with Crippen molar-refractivity contribution in [2.75, 3.05) is 0 Å². The third kappa shape index (κ3) is 0.992. The molecule has 0 unspecified atom stereocenters. The highest BCUT2D eigenvalue weighted by molar-refractivity contribution is 5.91. The minimum absolute atomic E-state index is 0.146. The number of rotatable bonds is 1. The maximum absolute atomic E-state index is 9.13. The Kier molecular flexibility index (Phi) is 1.62. The van der Waals surface area contributed by atoms with E-state index in [-0.39, 0.29) is 6.61 Å². The number of aryl methyl sites for hydroxylation is 2. The van der Waals surface area contributed by atoms with Crippen LogP contribution >= 0.6 is 0 Å². The van der Waals surface area contributed by atoms with Gasteiger partial charge in [0.2, 0.25) is 0 Å². The highest BCUT2D eigenvalue weighted by Gasteiger charge is 2.14. The van der Waals surface area contributed by atoms with Gasteiger partial charge in [-0.05, 0) is 46.4 Å². The second-order valence-electron chi connectivity index (χ2n) is 3.93. The zero-order valence-corrected chi connectivity index (χ0v) is 7.96. The predicted octanol–water partition coefficient (Wildman–Crippen LogP) is 2.43. The summed E-state index contributed by atoms with van der Waals surface area (Å²) in [7, 11) is 0. The van der Waals surface area contributed by atoms with Crippen molar-refractivity contribution in [3.8, 4) is 0 Å². The van der Waals surface area contributed by atoms with Crippen molar-refractivity contribution >= 4 is 10.8 Å². The van der Waals surface area contributed by atoms with Gasteiger partial charge in [-0.15, -0.1) is 0 Å². The van der Waals surface area contributed by atoms with Crippen LogP contribution in [0.5, 0.6) is 0 Å². The SMILES string of the molecule is OCc1cc2c3c(cccc3c1)CC2. The molecule has 1 heteroatoms. The fourth-order valence-electron chi connectivity index (χ4n) is 2.44. The van der Waals surface area contributed by atoms with Gasteiger partial charge in [-0.25, -0.2) is 0 Å². The number of hydrogen-bond donors (Lipinski definition) is 1. The second-order valence-corrected chi connectivity index (χ2v) is 3.93. The number of aliphatic hydroxyl groups excluding tert-OH is 1. The lowest BCUT2D eigenvalue weighted by molar-refractivity contribution is 0.282. The van der Waals surface area contributed by atoms with Crippen LogP contribution in [0.1, 0.15) is 16.7 Å². The summed E-state index contributed by atoms with van der Waals surface area (Å²) in [4.78, 5) is 0. The fourth-order valence-corrected chi connectivity index (χ4v) is 2.44. The van der Waals surface area contributed by atoms with E-state index in [4.69, 9.17) is 5.11 Å². The quantitative estimate of drug-likeness (QED) is 0.721. The molecule has 1 N–H and O–H groups in total. The van der Waals surface area contributed by atoms with Crippen molar-refractivity contribution in [1.29, 1.82) is 0 Å². The van der Waals surface area contributed by atoms with E-state index in [1.165, 1.54) is 21.9 Å². The molecule has 0 aliphatic heterocycles. The van der Waals surface area contributed by atoms with Gasteiger partial charge in [0.25, 0.3) is 0 Å². The van der Waals surface area contributed by atoms with Crippen molar-refractivity contribution in [3.63, 3.8) is 0 Å². The first-order chi connectivity index (χ1) is 6.88. The van der Waals surface area contributed by atoms with Gasteiger partial charge in [0.05, 0.1) is 6.61 Å². The molecule has 0 heterocycles. The Morgan fingerprint density at radius 2 is 1.93 bits per heavy atom. The molecule has 0 bridgehead atoms. The minimum atomic E-state index is 0.146. The van der Waals surface area contributed by atoms with Crippen LogP contribution in [-0.2, 0) is 19.4 Å². The standard InChI is InChI=1S/C13H12O/c14-8-9-6-11-3-1-2-10-4-5-12(7-9)13(10)11/h1-3,6-7,14H,4-5,8H2. The summed E-state index contributed by atoms with van der Waals surface area (Å²) in [6.45, 7) is 0.146. The molecule has 0 saturated heterocycles. The highest BCUT2D eigenvalue weighted by Crippen LogP contribution is 2.31. The van der Waals surface area contributed by atoms with Gasteiger partial charge in [0.15, 0.2) is 0 Å². The van der Waals surface area contributed by atoms with Gasteiger partial charge in [0, 0.05) is 0 Å². The Balaban J connectivity index is 2.41. The van der Waals surface area contributed by atoms with Gasteiger partial charge >= 0.3 is 0 Å². The van der Waals surface area contributed by atoms with Gasteiger partial charge in [-0.1, -0.05) is 24.3 Å². The van der Waals surface area contributed by atoms with E-state index in [9.17, 15) is 0 Å². The highest BCUT2D eigenvalue weighted by atomic mass is 16.3. The summed E-state index contributed by atoms with van der Waals surface area (Å²) in [6, 6.07) is 10.7. The summed E-state index contributed by atoms with van der Waals surface area (Å²) >= 11 is 0. The van der Waals surface area contributed by atoms with Crippen molar-refractivity contribution in [1.82, 2.24) is 0 Å². The van der Waals surface area contributed by atoms with Gasteiger partial charge in [-0.2, -0.15) is 0 Å². The molecule has 0 amide bonds. The Morgan fingerprint density at radius 1 is 1.07 bits per heavy atom. The zero-order valence-electron chi connectivity index (χ0n) is 7.96. The minimum Gasteiger partial charge on any atom is -0.392 e. The molecule has 14 heavy (non-hydrogen) atoms. The molecule has 0 atom stereocenters. The van der Waals surface area contributed by atoms with Crippen LogP contribution in [0.4, 0.5) is 0 Å². The molecule has 2 aromatic rings. The summed E-state index contributed by atoms with van der Waals surface area (Å²) in [5.74, 6) is 0. The number of hydrogen-bond acceptors (Lipinski definition) is 1. The molecule has 1 nitrogen and oxygen atoms in total. The molecule has 0 spiro atoms. The maximum Gasteiger partial charge on any atom is 0.0682 e. The normalized spacial score (nSPS) is 13.8. The van der Waals surface area contributed by atoms with E-state index in [0.29, 0.717) is 0 Å². The van der Waals surface area contributed by atoms with E-state index in [2.05, 4.69) is 30.3 Å². The van der Waals surface area contributed by atoms with Crippen molar-refractivity contribution in [2.45, 2.75) is 19.4 Å². The lowest BCUT2D eigenvalue weighted by atomic mass is 10.0. The van der Waals surface area contributed by atoms with Crippen LogP contribution in [0.15, 0.2) is 30.3 Å². The molecule has 0 saturated carbocycles. The van der Waals surface area contributed by atoms with Crippen molar-refractivity contribution in [3.05, 3.63) is 47.0 Å². The van der Waals surface area contributed by atoms with Crippen LogP contribution in [0.25, 0.3) is 10.8 Å². The van der Waals surface area contributed by atoms with E-state index in [0.717, 1.165) is 18.4 Å². The third-order valence-corrected chi connectivity index (χ3v) is 3.05. The van der Waals surface area contributed by atoms with Gasteiger partial charge in [0.1, 0.15) is 0 Å². The summed E-state index contributed by atoms with van der Waals surface area (Å²) in [6.07, 6.45) is 2.28. The second kappa shape index (κ2) is 2.82. The monoisotopic (exact) mass is 184 g/mol. The van der Waals surface area contributed by atoms with E-state index < -0.39 is 0 Å². The summed E-state index contributed by atoms with van der Waals surface area (Å²) in [5.41, 5.74) is 3.90. The Bertz CT molecular complexity index is 500. The maximum atomic E-state index is 9.13. The Labute approximate surface area is 83.0 Å². The van der Waals surface area contributed by atoms with Crippen molar-refractivity contribution in [2.24, 2.45) is 0 Å². The van der Waals surface area contributed by atoms with Crippen LogP contribution in [0.3, 0.4) is 0 Å². The van der Waals surface area contributed by atoms with Crippen molar-refractivity contribution < 1.29 is 5.11 Å². The molecule has 1 aliphatic rings. The third-order valence-electron chi connectivity index (χ3n) is 3.05. The van der Waals surface area contributed by atoms with E-state index in [1.807, 2.05) is 0 Å². The van der Waals surface area contributed by atoms with E-state index in [1.54, 1.807) is 0 Å². The molecule has 0 radical (unpaired) electrons. The van der Waals surface area contributed by atoms with Gasteiger partial charge in [-0.3, -0.25) is 0 Å². The first kappa shape index (κ1) is 8.01. The molecular formula is C13H12O. The predicted molar refractivity (Wildman–Crippen MR) is 57.3 cm³/mol. The average molecular weight is 184 g/mol. The lowest BCUT2D eigenvalue weighted by Gasteiger charge is -2.04. The number of aliphatic hydroxyl groups is 1. The molecule has 2 aromatic carbocycles. The molecule has 0 fully saturated rings. The summed E-state index contributed by atoms with van der Waals surface area (Å²) < 4.78 is 0. The molecule has 0 aromatic heterocycles.